The van der Waals surface area contributed by atoms with Crippen molar-refractivity contribution in [2.45, 2.75) is 32.6 Å². The van der Waals surface area contributed by atoms with E-state index in [1.165, 1.54) is 6.42 Å². The first-order chi connectivity index (χ1) is 17.6. The summed E-state index contributed by atoms with van der Waals surface area (Å²) in [6.45, 7) is 2.17. The Morgan fingerprint density at radius 1 is 0.833 bits per heavy atom. The second kappa shape index (κ2) is 10.6. The summed E-state index contributed by atoms with van der Waals surface area (Å²) in [5.41, 5.74) is 4.63. The fraction of sp³-hybridized carbons (Fsp3) is 0.241. The third-order valence-electron chi connectivity index (χ3n) is 6.80. The number of amides is 2. The number of hydrogen-bond donors (Lipinski definition) is 3. The average molecular weight is 480 g/mol. The number of pyridine rings is 1. The number of hydrogen-bond acceptors (Lipinski definition) is 4. The number of imidazole rings is 1. The van der Waals surface area contributed by atoms with Crippen molar-refractivity contribution in [2.75, 3.05) is 10.6 Å². The van der Waals surface area contributed by atoms with Gasteiger partial charge in [0.1, 0.15) is 11.5 Å². The van der Waals surface area contributed by atoms with E-state index in [0.717, 1.165) is 47.6 Å². The highest BCUT2D eigenvalue weighted by Crippen LogP contribution is 2.31. The van der Waals surface area contributed by atoms with Gasteiger partial charge in [-0.25, -0.2) is 4.98 Å². The van der Waals surface area contributed by atoms with E-state index in [1.54, 1.807) is 30.6 Å². The SMILES string of the molecule is CC1CCCCC1C(=O)Nc1ccc(-c2cnc(-c3ccc(NC(=O)c4ccccn4)cc3)[nH]2)cc1. The molecule has 0 spiro atoms. The second-order valence-electron chi connectivity index (χ2n) is 9.33. The normalized spacial score (nSPS) is 17.4. The van der Waals surface area contributed by atoms with Gasteiger partial charge in [0.05, 0.1) is 11.9 Å². The highest BCUT2D eigenvalue weighted by Gasteiger charge is 2.27. The van der Waals surface area contributed by atoms with Gasteiger partial charge in [-0.15, -0.1) is 0 Å². The van der Waals surface area contributed by atoms with Crippen LogP contribution in [0.3, 0.4) is 0 Å². The molecular weight excluding hydrogens is 450 g/mol. The van der Waals surface area contributed by atoms with Crippen molar-refractivity contribution in [3.8, 4) is 22.6 Å². The summed E-state index contributed by atoms with van der Waals surface area (Å²) in [5, 5.41) is 5.93. The Bertz CT molecular complexity index is 1330. The van der Waals surface area contributed by atoms with Crippen molar-refractivity contribution >= 4 is 23.2 Å². The van der Waals surface area contributed by atoms with Crippen molar-refractivity contribution in [2.24, 2.45) is 11.8 Å². The van der Waals surface area contributed by atoms with Crippen LogP contribution in [0.25, 0.3) is 22.6 Å². The molecule has 1 aliphatic carbocycles. The minimum atomic E-state index is -0.253. The number of aromatic nitrogens is 3. The largest absolute Gasteiger partial charge is 0.338 e. The average Bonchev–Trinajstić information content (AvgIpc) is 3.41. The van der Waals surface area contributed by atoms with Gasteiger partial charge in [0.2, 0.25) is 5.91 Å². The van der Waals surface area contributed by atoms with Crippen LogP contribution in [0.15, 0.2) is 79.1 Å². The lowest BCUT2D eigenvalue weighted by Gasteiger charge is -2.27. The molecule has 0 bridgehead atoms. The Morgan fingerprint density at radius 2 is 1.53 bits per heavy atom. The van der Waals surface area contributed by atoms with Crippen molar-refractivity contribution in [1.29, 1.82) is 0 Å². The summed E-state index contributed by atoms with van der Waals surface area (Å²) in [4.78, 5) is 36.9. The number of H-pyrrole nitrogens is 1. The van der Waals surface area contributed by atoms with Crippen LogP contribution in [0.1, 0.15) is 43.1 Å². The Morgan fingerprint density at radius 3 is 2.22 bits per heavy atom. The molecular formula is C29H29N5O2. The van der Waals surface area contributed by atoms with Crippen LogP contribution in [-0.4, -0.2) is 26.8 Å². The summed E-state index contributed by atoms with van der Waals surface area (Å²) in [5.74, 6) is 1.14. The zero-order valence-electron chi connectivity index (χ0n) is 20.2. The summed E-state index contributed by atoms with van der Waals surface area (Å²) < 4.78 is 0. The van der Waals surface area contributed by atoms with E-state index < -0.39 is 0 Å². The molecule has 2 aromatic heterocycles. The molecule has 1 aliphatic rings. The molecule has 4 aromatic rings. The van der Waals surface area contributed by atoms with Crippen LogP contribution in [0, 0.1) is 11.8 Å². The van der Waals surface area contributed by atoms with Crippen LogP contribution in [0.5, 0.6) is 0 Å². The molecule has 1 saturated carbocycles. The van der Waals surface area contributed by atoms with Crippen molar-refractivity contribution in [3.05, 3.63) is 84.8 Å². The van der Waals surface area contributed by atoms with Gasteiger partial charge in [0.25, 0.3) is 5.91 Å². The number of carbonyl (C=O) groups is 2. The summed E-state index contributed by atoms with van der Waals surface area (Å²) in [7, 11) is 0. The smallest absolute Gasteiger partial charge is 0.274 e. The van der Waals surface area contributed by atoms with Gasteiger partial charge < -0.3 is 15.6 Å². The third-order valence-corrected chi connectivity index (χ3v) is 6.80. The van der Waals surface area contributed by atoms with Crippen molar-refractivity contribution in [3.63, 3.8) is 0 Å². The zero-order chi connectivity index (χ0) is 24.9. The highest BCUT2D eigenvalue weighted by molar-refractivity contribution is 6.02. The van der Waals surface area contributed by atoms with Gasteiger partial charge in [0, 0.05) is 29.1 Å². The number of nitrogens with zero attached hydrogens (tertiary/aromatic N) is 2. The number of aromatic amines is 1. The number of rotatable bonds is 6. The van der Waals surface area contributed by atoms with Crippen molar-refractivity contribution < 1.29 is 9.59 Å². The zero-order valence-corrected chi connectivity index (χ0v) is 20.2. The molecule has 0 aliphatic heterocycles. The lowest BCUT2D eigenvalue weighted by molar-refractivity contribution is -0.122. The quantitative estimate of drug-likeness (QED) is 0.308. The predicted molar refractivity (Wildman–Crippen MR) is 141 cm³/mol. The molecule has 5 rings (SSSR count). The van der Waals surface area contributed by atoms with Gasteiger partial charge in [0.15, 0.2) is 0 Å². The second-order valence-corrected chi connectivity index (χ2v) is 9.33. The summed E-state index contributed by atoms with van der Waals surface area (Å²) >= 11 is 0. The summed E-state index contributed by atoms with van der Waals surface area (Å²) in [6, 6.07) is 20.5. The van der Waals surface area contributed by atoms with E-state index in [9.17, 15) is 9.59 Å². The van der Waals surface area contributed by atoms with E-state index >= 15 is 0 Å². The molecule has 7 heteroatoms. The van der Waals surface area contributed by atoms with Gasteiger partial charge in [-0.1, -0.05) is 38.0 Å². The molecule has 2 amide bonds. The molecule has 2 unspecified atom stereocenters. The lowest BCUT2D eigenvalue weighted by atomic mass is 9.80. The van der Waals surface area contributed by atoms with E-state index in [4.69, 9.17) is 0 Å². The predicted octanol–water partition coefficient (Wildman–Crippen LogP) is 6.16. The van der Waals surface area contributed by atoms with E-state index in [1.807, 2.05) is 48.5 Å². The fourth-order valence-corrected chi connectivity index (χ4v) is 4.69. The first kappa shape index (κ1) is 23.5. The number of benzene rings is 2. The Balaban J connectivity index is 1.22. The van der Waals surface area contributed by atoms with E-state index in [0.29, 0.717) is 17.3 Å². The summed E-state index contributed by atoms with van der Waals surface area (Å²) in [6.07, 6.45) is 7.84. The topological polar surface area (TPSA) is 99.8 Å². The van der Waals surface area contributed by atoms with Crippen LogP contribution in [-0.2, 0) is 4.79 Å². The van der Waals surface area contributed by atoms with Crippen LogP contribution < -0.4 is 10.6 Å². The fourth-order valence-electron chi connectivity index (χ4n) is 4.69. The minimum absolute atomic E-state index is 0.100. The van der Waals surface area contributed by atoms with Gasteiger partial charge >= 0.3 is 0 Å². The lowest BCUT2D eigenvalue weighted by Crippen LogP contribution is -2.30. The van der Waals surface area contributed by atoms with E-state index in [-0.39, 0.29) is 17.7 Å². The maximum absolute atomic E-state index is 12.7. The monoisotopic (exact) mass is 479 g/mol. The first-order valence-electron chi connectivity index (χ1n) is 12.4. The molecule has 1 fully saturated rings. The molecule has 36 heavy (non-hydrogen) atoms. The number of carbonyl (C=O) groups excluding carboxylic acids is 2. The highest BCUT2D eigenvalue weighted by atomic mass is 16.2. The molecule has 2 heterocycles. The van der Waals surface area contributed by atoms with Gasteiger partial charge in [-0.05, 0) is 72.9 Å². The number of nitrogens with one attached hydrogen (secondary N) is 3. The third kappa shape index (κ3) is 5.35. The van der Waals surface area contributed by atoms with Crippen molar-refractivity contribution in [1.82, 2.24) is 15.0 Å². The maximum atomic E-state index is 12.7. The maximum Gasteiger partial charge on any atom is 0.274 e. The van der Waals surface area contributed by atoms with E-state index in [2.05, 4.69) is 32.5 Å². The minimum Gasteiger partial charge on any atom is -0.338 e. The standard InChI is InChI=1S/C29H29N5O2/c1-19-6-2-3-7-24(19)28(35)32-22-13-9-20(10-14-22)26-18-31-27(34-26)21-11-15-23(16-12-21)33-29(36)25-8-4-5-17-30-25/h4-5,8-19,24H,2-3,6-7H2,1H3,(H,31,34)(H,32,35)(H,33,36). The molecule has 182 valence electrons. The van der Waals surface area contributed by atoms with Crippen LogP contribution >= 0.6 is 0 Å². The Kier molecular flexibility index (Phi) is 6.89. The Hall–Kier alpha value is -4.26. The number of anilines is 2. The first-order valence-corrected chi connectivity index (χ1v) is 12.4. The Labute approximate surface area is 210 Å². The molecule has 0 radical (unpaired) electrons. The molecule has 3 N–H and O–H groups in total. The molecule has 2 aromatic carbocycles. The molecule has 2 atom stereocenters. The van der Waals surface area contributed by atoms with Gasteiger partial charge in [-0.2, -0.15) is 0 Å². The van der Waals surface area contributed by atoms with Crippen LogP contribution in [0.4, 0.5) is 11.4 Å². The van der Waals surface area contributed by atoms with Gasteiger partial charge in [-0.3, -0.25) is 14.6 Å². The van der Waals surface area contributed by atoms with Crippen LogP contribution in [0.2, 0.25) is 0 Å². The molecule has 7 nitrogen and oxygen atoms in total. The molecule has 0 saturated heterocycles.